The number of nitrogens with one attached hydrogen (secondary N) is 2. The van der Waals surface area contributed by atoms with Gasteiger partial charge in [-0.05, 0) is 44.7 Å². The number of aromatic nitrogens is 1. The van der Waals surface area contributed by atoms with Gasteiger partial charge in [-0.25, -0.2) is 9.78 Å². The molecule has 4 aliphatic rings. The Balaban J connectivity index is 0.000000792. The van der Waals surface area contributed by atoms with Gasteiger partial charge < -0.3 is 69.3 Å². The van der Waals surface area contributed by atoms with Crippen LogP contribution in [0, 0.1) is 42.4 Å². The van der Waals surface area contributed by atoms with Gasteiger partial charge in [-0.1, -0.05) is 85.8 Å². The summed E-state index contributed by atoms with van der Waals surface area (Å²) in [4.78, 5) is 69.0. The van der Waals surface area contributed by atoms with Gasteiger partial charge in [0.2, 0.25) is 5.78 Å². The van der Waals surface area contributed by atoms with E-state index < -0.39 is 117 Å². The van der Waals surface area contributed by atoms with E-state index in [1.165, 1.54) is 52.8 Å². The number of aliphatic hydroxyl groups is 4. The van der Waals surface area contributed by atoms with E-state index in [0.29, 0.717) is 17.0 Å². The molecular formula is C62H88MnN6O16. The number of carbonyl (C=O) groups is 3. The molecule has 22 nitrogen and oxygen atoms in total. The summed E-state index contributed by atoms with van der Waals surface area (Å²) in [5.74, 6) is -3.34. The Morgan fingerprint density at radius 3 is 2.14 bits per heavy atom. The van der Waals surface area contributed by atoms with Gasteiger partial charge in [-0.3, -0.25) is 19.3 Å². The molecule has 23 heteroatoms. The van der Waals surface area contributed by atoms with Crippen LogP contribution >= 0.6 is 0 Å². The third-order valence-electron chi connectivity index (χ3n) is 16.4. The summed E-state index contributed by atoms with van der Waals surface area (Å²) in [6.45, 7) is 29.6. The molecule has 0 aliphatic carbocycles. The predicted molar refractivity (Wildman–Crippen MR) is 318 cm³/mol. The van der Waals surface area contributed by atoms with Crippen molar-refractivity contribution in [2.45, 2.75) is 119 Å². The number of Topliss-reactive ketones (excluding diaryl/α,β-unsaturated/α-hetero) is 1. The Labute approximate surface area is 503 Å². The van der Waals surface area contributed by atoms with Crippen LogP contribution in [0.3, 0.4) is 0 Å². The van der Waals surface area contributed by atoms with E-state index in [4.69, 9.17) is 36.0 Å². The average Bonchev–Trinajstić information content (AvgIpc) is 1.75. The minimum atomic E-state index is -1.61. The summed E-state index contributed by atoms with van der Waals surface area (Å²) in [6.07, 6.45) is 1.18. The van der Waals surface area contributed by atoms with E-state index in [9.17, 15) is 39.9 Å². The summed E-state index contributed by atoms with van der Waals surface area (Å²) >= 11 is -1.44. The maximum atomic E-state index is 15.0. The van der Waals surface area contributed by atoms with Gasteiger partial charge in [0.25, 0.3) is 5.91 Å². The van der Waals surface area contributed by atoms with Crippen LogP contribution in [0.5, 0.6) is 11.5 Å². The molecule has 4 aromatic rings. The molecule has 3 aromatic carbocycles. The quantitative estimate of drug-likeness (QED) is 0.0223. The number of piperazine rings is 2. The molecule has 7 N–H and O–H groups in total. The molecule has 10 atom stereocenters. The van der Waals surface area contributed by atoms with Crippen molar-refractivity contribution in [3.05, 3.63) is 75.5 Å². The molecule has 1 aromatic heterocycles. The number of ketones is 1. The van der Waals surface area contributed by atoms with Crippen molar-refractivity contribution in [2.75, 3.05) is 96.0 Å². The van der Waals surface area contributed by atoms with Crippen molar-refractivity contribution in [2.24, 2.45) is 35.5 Å². The molecule has 4 aliphatic heterocycles. The van der Waals surface area contributed by atoms with Crippen molar-refractivity contribution < 1.29 is 85.8 Å². The number of allylic oxidation sites excluding steroid dienone is 2. The summed E-state index contributed by atoms with van der Waals surface area (Å²) in [5.41, 5.74) is -0.672. The van der Waals surface area contributed by atoms with E-state index in [-0.39, 0.29) is 56.4 Å². The standard InChI is InChI=1S/C54H70N4O14.C8H18N2.Mn.2O/c1-27(2)24-57-19-21-58(22-20-57)34-16-17-36-38(23-34)70-50-42(55-36)39-40-46(63)33(8)49-41(39)51(65)54(9,72-49)18-12-15-37(68-10)30(5)48(71-53(67)69-26-35(60)25-59)32(7)45(62)31(6)44(61)28(3)13-11-14-29(4)52(66)56-43(50)47(40)64;1-8(2)7-10-5-3-9-4-6-10;;;/h11-17,23,27-28,30-32,35,37,44-45,48,59-62,64H,18-22,24-26H2,1-10H3,(H,56,66);8-9H,3-7H2,1-2H3;;;/b13-11+,15-12+,29-14-;;;;/t28-,30+,31+,32+,35?,37-,44-,45+,48+,54+;;;;/m0..../s1. The number of aliphatic hydroxyl groups excluding tert-OH is 4. The number of phenols is 1. The van der Waals surface area contributed by atoms with E-state index >= 15 is 4.79 Å². The number of hydrogen-bond donors (Lipinski definition) is 7. The Bertz CT molecular complexity index is 3180. The number of amides is 1. The van der Waals surface area contributed by atoms with Crippen molar-refractivity contribution in [3.63, 3.8) is 0 Å². The van der Waals surface area contributed by atoms with Crippen LogP contribution in [0.25, 0.3) is 33.0 Å². The Kier molecular flexibility index (Phi) is 24.6. The van der Waals surface area contributed by atoms with Crippen LogP contribution in [0.15, 0.2) is 63.4 Å². The number of aromatic hydroxyl groups is 1. The second kappa shape index (κ2) is 30.7. The third kappa shape index (κ3) is 16.4. The van der Waals surface area contributed by atoms with E-state index in [1.54, 1.807) is 71.9 Å². The van der Waals surface area contributed by atoms with Gasteiger partial charge in [0.1, 0.15) is 41.3 Å². The van der Waals surface area contributed by atoms with Crippen LogP contribution in [-0.4, -0.2) is 180 Å². The number of ether oxygens (including phenoxy) is 4. The zero-order valence-electron chi connectivity index (χ0n) is 51.1. The molecule has 1 unspecified atom stereocenters. The first-order valence-electron chi connectivity index (χ1n) is 29.3. The third-order valence-corrected chi connectivity index (χ3v) is 16.4. The summed E-state index contributed by atoms with van der Waals surface area (Å²) < 4.78 is 46.7. The number of anilines is 2. The second-order valence-electron chi connectivity index (χ2n) is 23.9. The Morgan fingerprint density at radius 1 is 0.894 bits per heavy atom. The molecule has 4 bridgehead atoms. The number of methoxy groups -OCH3 is 1. The number of fused-ring (bicyclic) bond motifs is 2. The number of rotatable bonds is 10. The fourth-order valence-corrected chi connectivity index (χ4v) is 11.6. The topological polar surface area (TPSA) is 300 Å². The second-order valence-corrected chi connectivity index (χ2v) is 24.1. The molecule has 2 saturated heterocycles. The molecule has 1 amide bonds. The van der Waals surface area contributed by atoms with Gasteiger partial charge in [-0.15, -0.1) is 0 Å². The SMILES string of the molecule is CC(C)CN1CCNCC1.CO[C@H]1/C=C/C[C@@]2(C)Oc3c(C)c(=O)c4c(O)c(c5oc6cc(N7CCN(CC(C)C)CC7)ccc6nc5c4c3C2=O)NC(=O)/C(C)=C\C=C\[C@H](C)[C@H](O)[C@@H](C)[C@@H](O)[C@@H](C)[C@H](OC(=O)OCC(O)CO)[C@@H]1C.[O]=[Mn]=[O]. The van der Waals surface area contributed by atoms with E-state index in [1.807, 2.05) is 12.1 Å². The number of nitrogens with zero attached hydrogens (tertiary/aromatic N) is 4. The Hall–Kier alpha value is -5.85. The van der Waals surface area contributed by atoms with Crippen LogP contribution < -0.4 is 25.7 Å². The van der Waals surface area contributed by atoms with Gasteiger partial charge in [0.05, 0.1) is 35.9 Å². The number of carbonyl (C=O) groups excluding carboxylic acids is 3. The van der Waals surface area contributed by atoms with E-state index in [0.717, 1.165) is 44.3 Å². The molecule has 0 radical (unpaired) electrons. The van der Waals surface area contributed by atoms with Gasteiger partial charge in [0, 0.05) is 131 Å². The normalized spacial score (nSPS) is 27.3. The van der Waals surface area contributed by atoms with Crippen LogP contribution in [0.4, 0.5) is 16.2 Å². The number of benzene rings is 3. The predicted octanol–water partition coefficient (Wildman–Crippen LogP) is 6.48. The van der Waals surface area contributed by atoms with Gasteiger partial charge in [-0.2, -0.15) is 0 Å². The van der Waals surface area contributed by atoms with Gasteiger partial charge >= 0.3 is 28.6 Å². The zero-order chi connectivity index (χ0) is 62.6. The maximum absolute atomic E-state index is 15.0. The molecule has 8 rings (SSSR count). The fraction of sp³-hybridized carbons (Fsp3) is 0.597. The van der Waals surface area contributed by atoms with Crippen LogP contribution in [0.2, 0.25) is 0 Å². The molecule has 2 fully saturated rings. The zero-order valence-corrected chi connectivity index (χ0v) is 52.2. The van der Waals surface area contributed by atoms with E-state index in [2.05, 4.69) is 53.0 Å². The first kappa shape index (κ1) is 68.3. The first-order valence-corrected chi connectivity index (χ1v) is 30.2. The summed E-state index contributed by atoms with van der Waals surface area (Å²) in [7, 11) is 1.44. The number of phenolic OH excluding ortho intramolecular Hbond substituents is 1. The van der Waals surface area contributed by atoms with Crippen LogP contribution in [-0.2, 0) is 41.5 Å². The molecule has 5 heterocycles. The Morgan fingerprint density at radius 2 is 1.53 bits per heavy atom. The fourth-order valence-electron chi connectivity index (χ4n) is 11.6. The minimum absolute atomic E-state index is 0.000511. The average molecular weight is 1230 g/mol. The summed E-state index contributed by atoms with van der Waals surface area (Å²) in [5, 5.41) is 60.6. The molecule has 0 spiro atoms. The molecule has 469 valence electrons. The van der Waals surface area contributed by atoms with Crippen molar-refractivity contribution in [1.82, 2.24) is 20.1 Å². The van der Waals surface area contributed by atoms with Crippen molar-refractivity contribution in [1.29, 1.82) is 0 Å². The number of hydrogen-bond acceptors (Lipinski definition) is 21. The molecule has 85 heavy (non-hydrogen) atoms. The first-order chi connectivity index (χ1) is 40.3. The van der Waals surface area contributed by atoms with Crippen LogP contribution in [0.1, 0.15) is 91.6 Å². The molecule has 0 saturated carbocycles. The van der Waals surface area contributed by atoms with Gasteiger partial charge in [0.15, 0.2) is 27.9 Å². The molecular weight excluding hydrogens is 1140 g/mol. The van der Waals surface area contributed by atoms with Crippen molar-refractivity contribution in [3.8, 4) is 11.5 Å². The van der Waals surface area contributed by atoms with Crippen molar-refractivity contribution >= 4 is 62.2 Å². The summed E-state index contributed by atoms with van der Waals surface area (Å²) in [6, 6.07) is 5.60. The monoisotopic (exact) mass is 1230 g/mol.